The van der Waals surface area contributed by atoms with Crippen molar-refractivity contribution in [3.63, 3.8) is 0 Å². The maximum atomic E-state index is 6.26. The highest BCUT2D eigenvalue weighted by Gasteiger charge is 2.41. The quantitative estimate of drug-likeness (QED) is 0.309. The second-order valence-corrected chi connectivity index (χ2v) is 8.91. The highest BCUT2D eigenvalue weighted by molar-refractivity contribution is 6.20. The van der Waals surface area contributed by atoms with Gasteiger partial charge in [-0.15, -0.1) is 0 Å². The third kappa shape index (κ3) is 3.21. The van der Waals surface area contributed by atoms with Crippen LogP contribution in [0.3, 0.4) is 0 Å². The van der Waals surface area contributed by atoms with E-state index in [1.807, 2.05) is 13.8 Å². The number of nitrogens with one attached hydrogen (secondary N) is 1. The number of ether oxygens (including phenoxy) is 1. The van der Waals surface area contributed by atoms with Gasteiger partial charge in [0.2, 0.25) is 0 Å². The van der Waals surface area contributed by atoms with Crippen molar-refractivity contribution in [2.75, 3.05) is 5.32 Å². The molecule has 1 fully saturated rings. The number of hydrogen-bond donors (Lipinski definition) is 1. The van der Waals surface area contributed by atoms with E-state index in [1.165, 1.54) is 26.9 Å². The SMILES string of the molecule is CC(C)C1OOC(C)(C)C(Nc2cc3c4ccccc4ccc3c3ccccc23)O1. The molecule has 4 aromatic rings. The largest absolute Gasteiger partial charge is 0.357 e. The molecule has 0 spiro atoms. The molecule has 154 valence electrons. The van der Waals surface area contributed by atoms with E-state index in [-0.39, 0.29) is 12.1 Å². The standard InChI is InChI=1S/C26H27NO3/c1-16(2)24-28-25(26(3,4)30-29-24)27-23-15-22-18-10-6-5-9-17(18)13-14-20(22)19-11-7-8-12-21(19)23/h5-16,24-25,27H,1-4H3. The van der Waals surface area contributed by atoms with Gasteiger partial charge < -0.3 is 10.1 Å². The lowest BCUT2D eigenvalue weighted by Crippen LogP contribution is -2.54. The number of fused-ring (bicyclic) bond motifs is 5. The summed E-state index contributed by atoms with van der Waals surface area (Å²) in [5.74, 6) is 0.183. The highest BCUT2D eigenvalue weighted by Crippen LogP contribution is 2.38. The van der Waals surface area contributed by atoms with Crippen molar-refractivity contribution in [3.8, 4) is 0 Å². The van der Waals surface area contributed by atoms with E-state index in [4.69, 9.17) is 14.5 Å². The fourth-order valence-electron chi connectivity index (χ4n) is 4.13. The summed E-state index contributed by atoms with van der Waals surface area (Å²) in [5, 5.41) is 11.0. The monoisotopic (exact) mass is 401 g/mol. The average Bonchev–Trinajstić information content (AvgIpc) is 2.75. The summed E-state index contributed by atoms with van der Waals surface area (Å²) in [6.07, 6.45) is -0.766. The molecule has 5 rings (SSSR count). The van der Waals surface area contributed by atoms with Gasteiger partial charge in [0.25, 0.3) is 0 Å². The molecule has 0 aromatic heterocycles. The Bertz CT molecular complexity index is 1230. The fourth-order valence-corrected chi connectivity index (χ4v) is 4.13. The molecule has 2 atom stereocenters. The van der Waals surface area contributed by atoms with Gasteiger partial charge in [-0.2, -0.15) is 0 Å². The minimum absolute atomic E-state index is 0.183. The van der Waals surface area contributed by atoms with Crippen LogP contribution in [0.15, 0.2) is 66.7 Å². The maximum absolute atomic E-state index is 6.26. The lowest BCUT2D eigenvalue weighted by Gasteiger charge is -2.42. The van der Waals surface area contributed by atoms with Crippen LogP contribution in [0, 0.1) is 5.92 Å². The molecule has 1 aliphatic rings. The first-order valence-electron chi connectivity index (χ1n) is 10.5. The zero-order valence-electron chi connectivity index (χ0n) is 17.8. The molecule has 4 heteroatoms. The number of benzene rings is 4. The second kappa shape index (κ2) is 7.24. The average molecular weight is 402 g/mol. The third-order valence-electron chi connectivity index (χ3n) is 5.86. The predicted octanol–water partition coefficient (Wildman–Crippen LogP) is 6.62. The van der Waals surface area contributed by atoms with E-state index in [1.54, 1.807) is 0 Å². The summed E-state index contributed by atoms with van der Waals surface area (Å²) < 4.78 is 6.26. The third-order valence-corrected chi connectivity index (χ3v) is 5.86. The molecule has 1 aliphatic heterocycles. The molecule has 4 aromatic carbocycles. The minimum atomic E-state index is -0.639. The number of rotatable bonds is 3. The van der Waals surface area contributed by atoms with Crippen LogP contribution in [0.25, 0.3) is 32.3 Å². The molecule has 2 unspecified atom stereocenters. The van der Waals surface area contributed by atoms with Crippen molar-refractivity contribution >= 4 is 38.0 Å². The molecule has 0 radical (unpaired) electrons. The van der Waals surface area contributed by atoms with E-state index in [9.17, 15) is 0 Å². The molecule has 0 bridgehead atoms. The van der Waals surface area contributed by atoms with Gasteiger partial charge in [-0.3, -0.25) is 0 Å². The van der Waals surface area contributed by atoms with Gasteiger partial charge in [0.05, 0.1) is 0 Å². The summed E-state index contributed by atoms with van der Waals surface area (Å²) in [5.41, 5.74) is 0.390. The zero-order chi connectivity index (χ0) is 20.9. The van der Waals surface area contributed by atoms with Crippen LogP contribution in [0.2, 0.25) is 0 Å². The summed E-state index contributed by atoms with van der Waals surface area (Å²) in [6, 6.07) is 23.7. The fraction of sp³-hybridized carbons (Fsp3) is 0.308. The van der Waals surface area contributed by atoms with Gasteiger partial charge in [-0.1, -0.05) is 74.5 Å². The first-order valence-corrected chi connectivity index (χ1v) is 10.5. The zero-order valence-corrected chi connectivity index (χ0v) is 17.8. The molecule has 1 saturated heterocycles. The summed E-state index contributed by atoms with van der Waals surface area (Å²) in [6.45, 7) is 8.06. The van der Waals surface area contributed by atoms with Gasteiger partial charge >= 0.3 is 0 Å². The Morgan fingerprint density at radius 1 is 0.800 bits per heavy atom. The Hall–Kier alpha value is -2.66. The lowest BCUT2D eigenvalue weighted by molar-refractivity contribution is -0.485. The van der Waals surface area contributed by atoms with E-state index in [0.29, 0.717) is 0 Å². The second-order valence-electron chi connectivity index (χ2n) is 8.91. The van der Waals surface area contributed by atoms with Crippen molar-refractivity contribution in [2.45, 2.75) is 45.8 Å². The van der Waals surface area contributed by atoms with Crippen molar-refractivity contribution < 1.29 is 14.5 Å². The van der Waals surface area contributed by atoms with Gasteiger partial charge in [-0.05, 0) is 46.8 Å². The summed E-state index contributed by atoms with van der Waals surface area (Å²) in [7, 11) is 0. The molecular weight excluding hydrogens is 374 g/mol. The van der Waals surface area contributed by atoms with Crippen molar-refractivity contribution in [1.82, 2.24) is 0 Å². The summed E-state index contributed by atoms with van der Waals surface area (Å²) in [4.78, 5) is 11.2. The number of anilines is 1. The van der Waals surface area contributed by atoms with E-state index in [0.717, 1.165) is 11.1 Å². The Balaban J connectivity index is 1.68. The van der Waals surface area contributed by atoms with Crippen LogP contribution in [-0.4, -0.2) is 18.1 Å². The first-order chi connectivity index (χ1) is 14.4. The van der Waals surface area contributed by atoms with Crippen molar-refractivity contribution in [2.24, 2.45) is 5.92 Å². The lowest BCUT2D eigenvalue weighted by atomic mass is 9.95. The van der Waals surface area contributed by atoms with Crippen molar-refractivity contribution in [3.05, 3.63) is 66.7 Å². The predicted molar refractivity (Wildman–Crippen MR) is 122 cm³/mol. The van der Waals surface area contributed by atoms with Gasteiger partial charge in [-0.25, -0.2) is 9.78 Å². The molecule has 0 amide bonds. The number of hydrogen-bond acceptors (Lipinski definition) is 4. The Morgan fingerprint density at radius 3 is 2.23 bits per heavy atom. The van der Waals surface area contributed by atoms with Crippen LogP contribution in [-0.2, 0) is 14.5 Å². The van der Waals surface area contributed by atoms with E-state index < -0.39 is 11.9 Å². The van der Waals surface area contributed by atoms with E-state index in [2.05, 4.69) is 85.9 Å². The molecule has 0 aliphatic carbocycles. The molecule has 1 N–H and O–H groups in total. The van der Waals surface area contributed by atoms with Crippen LogP contribution in [0.4, 0.5) is 5.69 Å². The van der Waals surface area contributed by atoms with Crippen LogP contribution >= 0.6 is 0 Å². The minimum Gasteiger partial charge on any atom is -0.357 e. The van der Waals surface area contributed by atoms with Gasteiger partial charge in [0, 0.05) is 17.0 Å². The highest BCUT2D eigenvalue weighted by atomic mass is 17.2. The molecule has 1 heterocycles. The Kier molecular flexibility index (Phi) is 4.66. The van der Waals surface area contributed by atoms with Gasteiger partial charge in [0.15, 0.2) is 12.5 Å². The topological polar surface area (TPSA) is 39.7 Å². The van der Waals surface area contributed by atoms with Gasteiger partial charge in [0.1, 0.15) is 5.60 Å². The molecular formula is C26H27NO3. The molecule has 4 nitrogen and oxygen atoms in total. The van der Waals surface area contributed by atoms with Crippen molar-refractivity contribution in [1.29, 1.82) is 0 Å². The molecule has 0 saturated carbocycles. The van der Waals surface area contributed by atoms with Crippen LogP contribution < -0.4 is 5.32 Å². The summed E-state index contributed by atoms with van der Waals surface area (Å²) >= 11 is 0. The Morgan fingerprint density at radius 2 is 1.47 bits per heavy atom. The smallest absolute Gasteiger partial charge is 0.196 e. The van der Waals surface area contributed by atoms with E-state index >= 15 is 0 Å². The normalized spacial score (nSPS) is 21.5. The maximum Gasteiger partial charge on any atom is 0.196 e. The van der Waals surface area contributed by atoms with Crippen LogP contribution in [0.5, 0.6) is 0 Å². The first kappa shape index (κ1) is 19.3. The molecule has 30 heavy (non-hydrogen) atoms. The van der Waals surface area contributed by atoms with Crippen LogP contribution in [0.1, 0.15) is 27.7 Å². The Labute approximate surface area is 176 Å².